The van der Waals surface area contributed by atoms with E-state index >= 15 is 0 Å². The Morgan fingerprint density at radius 2 is 1.84 bits per heavy atom. The first-order valence-corrected chi connectivity index (χ1v) is 12.5. The van der Waals surface area contributed by atoms with Crippen molar-refractivity contribution in [1.29, 1.82) is 0 Å². The summed E-state index contributed by atoms with van der Waals surface area (Å²) >= 11 is 12.5. The van der Waals surface area contributed by atoms with Gasteiger partial charge in [-0.2, -0.15) is 5.10 Å². The highest BCUT2D eigenvalue weighted by atomic mass is 35.5. The Kier molecular flexibility index (Phi) is 6.70. The molecule has 1 N–H and O–H groups in total. The number of nitrogens with one attached hydrogen (secondary N) is 1. The number of benzene rings is 2. The average Bonchev–Trinajstić information content (AvgIpc) is 3.58. The van der Waals surface area contributed by atoms with Gasteiger partial charge in [0.1, 0.15) is 17.0 Å². The fourth-order valence-corrected chi connectivity index (χ4v) is 4.78. The lowest BCUT2D eigenvalue weighted by Crippen LogP contribution is -2.54. The lowest BCUT2D eigenvalue weighted by atomic mass is 10.0. The molecule has 4 aromatic rings. The standard InChI is InChI=1S/C26H17ClN4O4S2/c1-35-19-10-4-15(5-11-19)22-16(14-30(29-22)25(34)21-3-2-12-37-21)13-20-23(32)28-26(36)31(24(20)33)18-8-6-17(27)7-9-18/h2-14H,1H3,(H,28,32,36)/b20-13+. The fraction of sp³-hybridized carbons (Fsp3) is 0.0385. The molecule has 11 heteroatoms. The third-order valence-electron chi connectivity index (χ3n) is 5.53. The van der Waals surface area contributed by atoms with Gasteiger partial charge in [0.2, 0.25) is 0 Å². The summed E-state index contributed by atoms with van der Waals surface area (Å²) in [6, 6.07) is 17.0. The number of halogens is 1. The molecule has 0 saturated carbocycles. The topological polar surface area (TPSA) is 93.5 Å². The molecular formula is C26H17ClN4O4S2. The van der Waals surface area contributed by atoms with Crippen LogP contribution in [0.2, 0.25) is 5.02 Å². The highest BCUT2D eigenvalue weighted by Crippen LogP contribution is 2.29. The Morgan fingerprint density at radius 3 is 2.49 bits per heavy atom. The van der Waals surface area contributed by atoms with Crippen molar-refractivity contribution in [3.8, 4) is 17.0 Å². The second-order valence-electron chi connectivity index (χ2n) is 7.82. The van der Waals surface area contributed by atoms with Gasteiger partial charge in [-0.3, -0.25) is 24.6 Å². The molecule has 2 aromatic carbocycles. The normalized spacial score (nSPS) is 14.7. The van der Waals surface area contributed by atoms with Crippen molar-refractivity contribution in [3.63, 3.8) is 0 Å². The predicted molar refractivity (Wildman–Crippen MR) is 146 cm³/mol. The van der Waals surface area contributed by atoms with Crippen molar-refractivity contribution in [3.05, 3.63) is 93.3 Å². The zero-order chi connectivity index (χ0) is 26.1. The Hall–Kier alpha value is -4.12. The monoisotopic (exact) mass is 548 g/mol. The number of carbonyl (C=O) groups excluding carboxylic acids is 3. The van der Waals surface area contributed by atoms with Crippen LogP contribution < -0.4 is 15.0 Å². The molecule has 1 aliphatic rings. The maximum Gasteiger partial charge on any atom is 0.288 e. The summed E-state index contributed by atoms with van der Waals surface area (Å²) in [4.78, 5) is 41.1. The Bertz CT molecular complexity index is 1560. The molecule has 1 aliphatic heterocycles. The number of hydrogen-bond donors (Lipinski definition) is 1. The van der Waals surface area contributed by atoms with Crippen molar-refractivity contribution >= 4 is 69.8 Å². The molecule has 0 atom stereocenters. The number of nitrogens with zero attached hydrogens (tertiary/aromatic N) is 3. The van der Waals surface area contributed by atoms with E-state index in [0.717, 1.165) is 0 Å². The SMILES string of the molecule is COc1ccc(-c2nn(C(=O)c3cccs3)cc2/C=C2\C(=O)NC(=S)N(c3ccc(Cl)cc3)C2=O)cc1. The molecule has 0 spiro atoms. The minimum atomic E-state index is -0.654. The van der Waals surface area contributed by atoms with Gasteiger partial charge in [0, 0.05) is 22.3 Å². The van der Waals surface area contributed by atoms with E-state index in [2.05, 4.69) is 10.4 Å². The summed E-state index contributed by atoms with van der Waals surface area (Å²) in [5.74, 6) is -0.961. The number of rotatable bonds is 5. The molecule has 1 fully saturated rings. The van der Waals surface area contributed by atoms with Crippen LogP contribution in [0.25, 0.3) is 17.3 Å². The summed E-state index contributed by atoms with van der Waals surface area (Å²) in [5, 5.41) is 9.30. The van der Waals surface area contributed by atoms with Crippen LogP contribution in [0.4, 0.5) is 5.69 Å². The Balaban J connectivity index is 1.60. The minimum absolute atomic E-state index is 0.0478. The smallest absolute Gasteiger partial charge is 0.288 e. The van der Waals surface area contributed by atoms with E-state index in [9.17, 15) is 14.4 Å². The molecule has 0 radical (unpaired) electrons. The second kappa shape index (κ2) is 10.1. The number of aromatic nitrogens is 2. The summed E-state index contributed by atoms with van der Waals surface area (Å²) in [7, 11) is 1.56. The van der Waals surface area contributed by atoms with Crippen LogP contribution in [0.3, 0.4) is 0 Å². The summed E-state index contributed by atoms with van der Waals surface area (Å²) in [6.45, 7) is 0. The summed E-state index contributed by atoms with van der Waals surface area (Å²) in [6.07, 6.45) is 2.90. The Labute approximate surface area is 225 Å². The second-order valence-corrected chi connectivity index (χ2v) is 9.59. The lowest BCUT2D eigenvalue weighted by Gasteiger charge is -2.28. The molecule has 3 heterocycles. The molecule has 0 bridgehead atoms. The molecule has 37 heavy (non-hydrogen) atoms. The number of carbonyl (C=O) groups is 3. The van der Waals surface area contributed by atoms with Gasteiger partial charge in [0.05, 0.1) is 17.7 Å². The van der Waals surface area contributed by atoms with Gasteiger partial charge >= 0.3 is 0 Å². The molecule has 184 valence electrons. The number of hydrogen-bond acceptors (Lipinski definition) is 7. The molecule has 5 rings (SSSR count). The first kappa shape index (κ1) is 24.6. The van der Waals surface area contributed by atoms with E-state index < -0.39 is 11.8 Å². The predicted octanol–water partition coefficient (Wildman–Crippen LogP) is 4.79. The highest BCUT2D eigenvalue weighted by molar-refractivity contribution is 7.80. The van der Waals surface area contributed by atoms with Crippen LogP contribution in [-0.4, -0.2) is 39.7 Å². The maximum atomic E-state index is 13.5. The number of ether oxygens (including phenoxy) is 1. The van der Waals surface area contributed by atoms with E-state index in [1.807, 2.05) is 0 Å². The van der Waals surface area contributed by atoms with Crippen LogP contribution in [-0.2, 0) is 9.59 Å². The molecular weight excluding hydrogens is 532 g/mol. The number of methoxy groups -OCH3 is 1. The van der Waals surface area contributed by atoms with Crippen LogP contribution >= 0.6 is 35.2 Å². The average molecular weight is 549 g/mol. The van der Waals surface area contributed by atoms with E-state index in [1.54, 1.807) is 73.2 Å². The van der Waals surface area contributed by atoms with Gasteiger partial charge in [0.15, 0.2) is 5.11 Å². The zero-order valence-corrected chi connectivity index (χ0v) is 21.6. The molecule has 2 aromatic heterocycles. The summed E-state index contributed by atoms with van der Waals surface area (Å²) in [5.41, 5.74) is 1.76. The van der Waals surface area contributed by atoms with E-state index in [1.165, 1.54) is 33.2 Å². The van der Waals surface area contributed by atoms with Crippen molar-refractivity contribution < 1.29 is 19.1 Å². The third-order valence-corrected chi connectivity index (χ3v) is 6.93. The molecule has 0 unspecified atom stereocenters. The molecule has 1 saturated heterocycles. The van der Waals surface area contributed by atoms with Crippen LogP contribution in [0.1, 0.15) is 15.2 Å². The van der Waals surface area contributed by atoms with Crippen LogP contribution in [0.15, 0.2) is 77.8 Å². The number of thiophene rings is 1. The zero-order valence-electron chi connectivity index (χ0n) is 19.2. The van der Waals surface area contributed by atoms with Crippen molar-refractivity contribution in [1.82, 2.24) is 15.1 Å². The van der Waals surface area contributed by atoms with Crippen LogP contribution in [0, 0.1) is 0 Å². The first-order valence-electron chi connectivity index (χ1n) is 10.8. The van der Waals surface area contributed by atoms with Gasteiger partial charge in [-0.05, 0) is 78.3 Å². The van der Waals surface area contributed by atoms with Crippen molar-refractivity contribution in [2.45, 2.75) is 0 Å². The molecule has 2 amide bonds. The van der Waals surface area contributed by atoms with E-state index in [0.29, 0.717) is 38.2 Å². The third kappa shape index (κ3) is 4.82. The quantitative estimate of drug-likeness (QED) is 0.219. The molecule has 8 nitrogen and oxygen atoms in total. The van der Waals surface area contributed by atoms with Gasteiger partial charge in [-0.15, -0.1) is 11.3 Å². The lowest BCUT2D eigenvalue weighted by molar-refractivity contribution is -0.122. The van der Waals surface area contributed by atoms with Gasteiger partial charge in [0.25, 0.3) is 17.7 Å². The van der Waals surface area contributed by atoms with E-state index in [4.69, 9.17) is 28.6 Å². The van der Waals surface area contributed by atoms with Crippen molar-refractivity contribution in [2.24, 2.45) is 0 Å². The van der Waals surface area contributed by atoms with E-state index in [-0.39, 0.29) is 16.6 Å². The fourth-order valence-electron chi connectivity index (χ4n) is 3.72. The maximum absolute atomic E-state index is 13.5. The highest BCUT2D eigenvalue weighted by Gasteiger charge is 2.35. The van der Waals surface area contributed by atoms with Gasteiger partial charge in [-0.1, -0.05) is 17.7 Å². The number of anilines is 1. The number of amides is 2. The van der Waals surface area contributed by atoms with Crippen LogP contribution in [0.5, 0.6) is 5.75 Å². The van der Waals surface area contributed by atoms with Gasteiger partial charge in [-0.25, -0.2) is 4.68 Å². The summed E-state index contributed by atoms with van der Waals surface area (Å²) < 4.78 is 6.43. The largest absolute Gasteiger partial charge is 0.497 e. The number of thiocarbonyl (C=S) groups is 1. The van der Waals surface area contributed by atoms with Gasteiger partial charge < -0.3 is 4.74 Å². The first-order chi connectivity index (χ1) is 17.9. The Morgan fingerprint density at radius 1 is 1.11 bits per heavy atom. The minimum Gasteiger partial charge on any atom is -0.497 e. The molecule has 0 aliphatic carbocycles. The van der Waals surface area contributed by atoms with Crippen molar-refractivity contribution in [2.75, 3.05) is 12.0 Å².